The van der Waals surface area contributed by atoms with Gasteiger partial charge in [-0.05, 0) is 48.2 Å². The molecule has 2 aliphatic heterocycles. The lowest BCUT2D eigenvalue weighted by molar-refractivity contribution is -0.118. The van der Waals surface area contributed by atoms with Crippen molar-refractivity contribution in [1.29, 1.82) is 0 Å². The van der Waals surface area contributed by atoms with Gasteiger partial charge in [-0.3, -0.25) is 10.1 Å². The van der Waals surface area contributed by atoms with E-state index in [2.05, 4.69) is 27.5 Å². The summed E-state index contributed by atoms with van der Waals surface area (Å²) in [5, 5.41) is 16.8. The third-order valence-electron chi connectivity index (χ3n) is 5.06. The summed E-state index contributed by atoms with van der Waals surface area (Å²) in [5.74, 6) is -1.85. The molecule has 0 aliphatic carbocycles. The van der Waals surface area contributed by atoms with Crippen LogP contribution in [0.4, 0.5) is 14.9 Å². The van der Waals surface area contributed by atoms with Crippen LogP contribution in [0.2, 0.25) is 0 Å². The number of halogens is 1. The van der Waals surface area contributed by atoms with E-state index in [4.69, 9.17) is 0 Å². The molecule has 30 heavy (non-hydrogen) atoms. The molecular formula is C22H21FN4O3. The van der Waals surface area contributed by atoms with Crippen LogP contribution in [0.25, 0.3) is 12.2 Å². The SMILES string of the molecule is O=C1CN(/N=C/c2cc(/C=C/c3ccc(N4CCCC4)cc3)cc(F)c2O)C(=O)N1. The lowest BCUT2D eigenvalue weighted by atomic mass is 10.1. The fraction of sp³-hybridized carbons (Fsp3) is 0.227. The summed E-state index contributed by atoms with van der Waals surface area (Å²) in [6.45, 7) is 1.95. The Morgan fingerprint density at radius 1 is 1.03 bits per heavy atom. The first-order valence-electron chi connectivity index (χ1n) is 9.70. The van der Waals surface area contributed by atoms with Crippen LogP contribution in [-0.2, 0) is 4.79 Å². The van der Waals surface area contributed by atoms with Crippen LogP contribution in [-0.4, -0.2) is 47.9 Å². The van der Waals surface area contributed by atoms with E-state index in [9.17, 15) is 19.1 Å². The molecule has 0 saturated carbocycles. The van der Waals surface area contributed by atoms with E-state index in [1.165, 1.54) is 24.6 Å². The maximum Gasteiger partial charge on any atom is 0.344 e. The largest absolute Gasteiger partial charge is 0.504 e. The number of imide groups is 1. The van der Waals surface area contributed by atoms with Crippen LogP contribution >= 0.6 is 0 Å². The van der Waals surface area contributed by atoms with Gasteiger partial charge in [-0.15, -0.1) is 0 Å². The Morgan fingerprint density at radius 2 is 1.73 bits per heavy atom. The van der Waals surface area contributed by atoms with Gasteiger partial charge in [0.1, 0.15) is 6.54 Å². The van der Waals surface area contributed by atoms with Gasteiger partial charge in [0.25, 0.3) is 0 Å². The number of hydrazone groups is 1. The van der Waals surface area contributed by atoms with Crippen molar-refractivity contribution in [2.24, 2.45) is 5.10 Å². The van der Waals surface area contributed by atoms with Gasteiger partial charge in [0.15, 0.2) is 11.6 Å². The maximum atomic E-state index is 14.1. The van der Waals surface area contributed by atoms with E-state index < -0.39 is 23.5 Å². The van der Waals surface area contributed by atoms with Crippen LogP contribution in [0.3, 0.4) is 0 Å². The number of aromatic hydroxyl groups is 1. The minimum absolute atomic E-state index is 0.103. The molecule has 154 valence electrons. The molecule has 3 amide bonds. The standard InChI is InChI=1S/C22H21FN4O3/c23-19-12-16(4-3-15-5-7-18(8-6-15)26-9-1-2-10-26)11-17(21(19)29)13-24-27-14-20(28)25-22(27)30/h3-8,11-13,29H,1-2,9-10,14H2,(H,25,28,30)/b4-3+,24-13+. The number of carbonyl (C=O) groups is 2. The third-order valence-corrected chi connectivity index (χ3v) is 5.06. The third kappa shape index (κ3) is 4.32. The van der Waals surface area contributed by atoms with E-state index in [0.29, 0.717) is 5.56 Å². The molecule has 2 N–H and O–H groups in total. The Labute approximate surface area is 173 Å². The Balaban J connectivity index is 1.50. The molecular weight excluding hydrogens is 387 g/mol. The molecule has 0 spiro atoms. The molecule has 0 aromatic heterocycles. The van der Waals surface area contributed by atoms with Crippen molar-refractivity contribution < 1.29 is 19.1 Å². The summed E-state index contributed by atoms with van der Waals surface area (Å²) in [5.41, 5.74) is 2.79. The normalized spacial score (nSPS) is 17.0. The number of benzene rings is 2. The second kappa shape index (κ2) is 8.36. The number of nitrogens with one attached hydrogen (secondary N) is 1. The molecule has 0 unspecified atom stereocenters. The van der Waals surface area contributed by atoms with Crippen molar-refractivity contribution in [3.63, 3.8) is 0 Å². The van der Waals surface area contributed by atoms with Gasteiger partial charge in [0, 0.05) is 24.3 Å². The van der Waals surface area contributed by atoms with E-state index in [0.717, 1.165) is 29.9 Å². The van der Waals surface area contributed by atoms with Crippen LogP contribution in [0.1, 0.15) is 29.5 Å². The molecule has 0 atom stereocenters. The number of anilines is 1. The Morgan fingerprint density at radius 3 is 2.40 bits per heavy atom. The van der Waals surface area contributed by atoms with Gasteiger partial charge in [-0.2, -0.15) is 5.10 Å². The summed E-state index contributed by atoms with van der Waals surface area (Å²) in [6, 6.07) is 10.3. The Bertz CT molecular complexity index is 1030. The predicted molar refractivity (Wildman–Crippen MR) is 113 cm³/mol. The van der Waals surface area contributed by atoms with Gasteiger partial charge in [0.05, 0.1) is 6.21 Å². The predicted octanol–water partition coefficient (Wildman–Crippen LogP) is 3.19. The second-order valence-electron chi connectivity index (χ2n) is 7.22. The van der Waals surface area contributed by atoms with Crippen LogP contribution in [0.15, 0.2) is 41.5 Å². The number of phenols is 1. The van der Waals surface area contributed by atoms with Crippen molar-refractivity contribution in [1.82, 2.24) is 10.3 Å². The molecule has 8 heteroatoms. The number of hydrogen-bond acceptors (Lipinski definition) is 5. The van der Waals surface area contributed by atoms with Crippen LogP contribution < -0.4 is 10.2 Å². The lowest BCUT2D eigenvalue weighted by Crippen LogP contribution is -2.24. The first kappa shape index (κ1) is 19.6. The second-order valence-corrected chi connectivity index (χ2v) is 7.22. The Hall–Kier alpha value is -3.68. The van der Waals surface area contributed by atoms with Gasteiger partial charge >= 0.3 is 6.03 Å². The quantitative estimate of drug-likeness (QED) is 0.452. The molecule has 2 heterocycles. The highest BCUT2D eigenvalue weighted by molar-refractivity contribution is 6.02. The zero-order chi connectivity index (χ0) is 21.1. The average molecular weight is 408 g/mol. The first-order chi connectivity index (χ1) is 14.5. The van der Waals surface area contributed by atoms with Crippen LogP contribution in [0.5, 0.6) is 5.75 Å². The van der Waals surface area contributed by atoms with E-state index in [1.54, 1.807) is 12.1 Å². The zero-order valence-corrected chi connectivity index (χ0v) is 16.2. The highest BCUT2D eigenvalue weighted by Gasteiger charge is 2.26. The summed E-state index contributed by atoms with van der Waals surface area (Å²) in [4.78, 5) is 25.1. The summed E-state index contributed by atoms with van der Waals surface area (Å²) < 4.78 is 14.1. The van der Waals surface area contributed by atoms with Crippen molar-refractivity contribution in [3.8, 4) is 5.75 Å². The number of amides is 3. The van der Waals surface area contributed by atoms with Crippen molar-refractivity contribution >= 4 is 36.0 Å². The van der Waals surface area contributed by atoms with Gasteiger partial charge in [-0.25, -0.2) is 14.2 Å². The molecule has 2 saturated heterocycles. The molecule has 0 bridgehead atoms. The molecule has 4 rings (SSSR count). The van der Waals surface area contributed by atoms with E-state index >= 15 is 0 Å². The van der Waals surface area contributed by atoms with Crippen molar-refractivity contribution in [2.75, 3.05) is 24.5 Å². The van der Waals surface area contributed by atoms with Gasteiger partial charge in [0.2, 0.25) is 5.91 Å². The summed E-state index contributed by atoms with van der Waals surface area (Å²) in [6.07, 6.45) is 7.18. The molecule has 0 radical (unpaired) electrons. The monoisotopic (exact) mass is 408 g/mol. The zero-order valence-electron chi connectivity index (χ0n) is 16.2. The minimum atomic E-state index is -0.801. The maximum absolute atomic E-state index is 14.1. The topological polar surface area (TPSA) is 85.2 Å². The molecule has 2 aliphatic rings. The highest BCUT2D eigenvalue weighted by atomic mass is 19.1. The summed E-state index contributed by atoms with van der Waals surface area (Å²) in [7, 11) is 0. The molecule has 2 fully saturated rings. The molecule has 2 aromatic carbocycles. The number of hydrogen-bond donors (Lipinski definition) is 2. The average Bonchev–Trinajstić information content (AvgIpc) is 3.38. The number of urea groups is 1. The number of phenolic OH excluding ortho intramolecular Hbond substituents is 1. The number of carbonyl (C=O) groups excluding carboxylic acids is 2. The molecule has 2 aromatic rings. The molecule has 7 nitrogen and oxygen atoms in total. The van der Waals surface area contributed by atoms with Crippen molar-refractivity contribution in [2.45, 2.75) is 12.8 Å². The number of nitrogens with zero attached hydrogens (tertiary/aromatic N) is 3. The Kier molecular flexibility index (Phi) is 5.47. The summed E-state index contributed by atoms with van der Waals surface area (Å²) >= 11 is 0. The fourth-order valence-electron chi connectivity index (χ4n) is 3.46. The van der Waals surface area contributed by atoms with E-state index in [1.807, 2.05) is 18.2 Å². The number of rotatable bonds is 5. The van der Waals surface area contributed by atoms with Gasteiger partial charge in [-0.1, -0.05) is 24.3 Å². The van der Waals surface area contributed by atoms with E-state index in [-0.39, 0.29) is 12.1 Å². The van der Waals surface area contributed by atoms with Crippen LogP contribution in [0, 0.1) is 5.82 Å². The minimum Gasteiger partial charge on any atom is -0.504 e. The fourth-order valence-corrected chi connectivity index (χ4v) is 3.46. The smallest absolute Gasteiger partial charge is 0.344 e. The first-order valence-corrected chi connectivity index (χ1v) is 9.70. The van der Waals surface area contributed by atoms with Gasteiger partial charge < -0.3 is 10.0 Å². The van der Waals surface area contributed by atoms with Crippen molar-refractivity contribution in [3.05, 3.63) is 58.9 Å². The lowest BCUT2D eigenvalue weighted by Gasteiger charge is -2.17. The highest BCUT2D eigenvalue weighted by Crippen LogP contribution is 2.24.